The Morgan fingerprint density at radius 2 is 2.44 bits per heavy atom. The Hall–Kier alpha value is -0.380. The van der Waals surface area contributed by atoms with Gasteiger partial charge in [-0.05, 0) is 55.5 Å². The summed E-state index contributed by atoms with van der Waals surface area (Å²) in [6.07, 6.45) is 3.47. The maximum atomic E-state index is 6.00. The van der Waals surface area contributed by atoms with Crippen LogP contribution in [0.15, 0.2) is 16.8 Å². The zero-order valence-corrected chi connectivity index (χ0v) is 11.0. The maximum absolute atomic E-state index is 6.00. The van der Waals surface area contributed by atoms with Gasteiger partial charge >= 0.3 is 0 Å². The first-order chi connectivity index (χ1) is 7.66. The van der Waals surface area contributed by atoms with Crippen LogP contribution in [-0.2, 0) is 6.42 Å². The molecular weight excluding hydrogens is 216 g/mol. The number of hydrogen-bond acceptors (Lipinski definition) is 3. The molecule has 1 fully saturated rings. The predicted molar refractivity (Wildman–Crippen MR) is 70.9 cm³/mol. The minimum Gasteiger partial charge on any atom is -0.328 e. The molecule has 2 heterocycles. The van der Waals surface area contributed by atoms with E-state index < -0.39 is 0 Å². The summed E-state index contributed by atoms with van der Waals surface area (Å²) in [6, 6.07) is 3.93. The van der Waals surface area contributed by atoms with Crippen molar-refractivity contribution in [1.29, 1.82) is 0 Å². The van der Waals surface area contributed by atoms with Crippen molar-refractivity contribution in [2.24, 2.45) is 5.73 Å². The van der Waals surface area contributed by atoms with Gasteiger partial charge < -0.3 is 5.73 Å². The summed E-state index contributed by atoms with van der Waals surface area (Å²) in [5, 5.41) is 4.43. The number of hydrogen-bond donors (Lipinski definition) is 1. The molecule has 0 spiro atoms. The minimum atomic E-state index is 0.416. The molecule has 0 amide bonds. The van der Waals surface area contributed by atoms with Gasteiger partial charge in [-0.25, -0.2) is 0 Å². The van der Waals surface area contributed by atoms with Gasteiger partial charge in [-0.3, -0.25) is 4.90 Å². The number of nitrogens with zero attached hydrogens (tertiary/aromatic N) is 1. The highest BCUT2D eigenvalue weighted by Gasteiger charge is 2.26. The number of nitrogens with two attached hydrogens (primary N) is 1. The molecule has 0 aromatic carbocycles. The molecular formula is C13H22N2S. The van der Waals surface area contributed by atoms with Crippen LogP contribution >= 0.6 is 11.3 Å². The molecule has 3 unspecified atom stereocenters. The number of rotatable bonds is 3. The molecule has 2 nitrogen and oxygen atoms in total. The van der Waals surface area contributed by atoms with E-state index in [9.17, 15) is 0 Å². The summed E-state index contributed by atoms with van der Waals surface area (Å²) < 4.78 is 0. The summed E-state index contributed by atoms with van der Waals surface area (Å²) in [4.78, 5) is 2.61. The fourth-order valence-electron chi connectivity index (χ4n) is 2.75. The van der Waals surface area contributed by atoms with Gasteiger partial charge in [0.1, 0.15) is 0 Å². The van der Waals surface area contributed by atoms with E-state index in [1.54, 1.807) is 11.3 Å². The van der Waals surface area contributed by atoms with Gasteiger partial charge in [-0.1, -0.05) is 0 Å². The Morgan fingerprint density at radius 1 is 1.62 bits per heavy atom. The van der Waals surface area contributed by atoms with Gasteiger partial charge in [-0.15, -0.1) is 0 Å². The van der Waals surface area contributed by atoms with Crippen LogP contribution in [0.5, 0.6) is 0 Å². The molecule has 1 aliphatic rings. The molecule has 1 aliphatic heterocycles. The summed E-state index contributed by atoms with van der Waals surface area (Å²) in [6.45, 7) is 5.81. The summed E-state index contributed by atoms with van der Waals surface area (Å²) in [5.74, 6) is 0. The lowest BCUT2D eigenvalue weighted by Gasteiger charge is -2.40. The number of piperidine rings is 1. The van der Waals surface area contributed by atoms with Crippen molar-refractivity contribution in [3.8, 4) is 0 Å². The molecule has 1 aromatic heterocycles. The third-order valence-corrected chi connectivity index (χ3v) is 4.38. The third kappa shape index (κ3) is 2.84. The summed E-state index contributed by atoms with van der Waals surface area (Å²) >= 11 is 1.79. The Balaban J connectivity index is 1.91. The highest BCUT2D eigenvalue weighted by Crippen LogP contribution is 2.21. The molecule has 90 valence electrons. The van der Waals surface area contributed by atoms with Crippen LogP contribution in [0.25, 0.3) is 0 Å². The second kappa shape index (κ2) is 5.30. The first-order valence-electron chi connectivity index (χ1n) is 6.19. The average Bonchev–Trinajstić information content (AvgIpc) is 2.70. The zero-order valence-electron chi connectivity index (χ0n) is 10.2. The fraction of sp³-hybridized carbons (Fsp3) is 0.692. The SMILES string of the molecule is CC(Cc1ccsc1)N1CCC(N)CC1C. The van der Waals surface area contributed by atoms with Gasteiger partial charge in [0.15, 0.2) is 0 Å². The zero-order chi connectivity index (χ0) is 11.5. The van der Waals surface area contributed by atoms with E-state index in [2.05, 4.69) is 35.6 Å². The lowest BCUT2D eigenvalue weighted by molar-refractivity contribution is 0.104. The molecule has 3 atom stereocenters. The monoisotopic (exact) mass is 238 g/mol. The number of thiophene rings is 1. The van der Waals surface area contributed by atoms with Crippen LogP contribution in [0.3, 0.4) is 0 Å². The molecule has 0 saturated carbocycles. The molecule has 0 radical (unpaired) electrons. The normalized spacial score (nSPS) is 29.2. The number of likely N-dealkylation sites (tertiary alicyclic amines) is 1. The fourth-order valence-corrected chi connectivity index (χ4v) is 3.43. The first kappa shape index (κ1) is 12.1. The molecule has 1 saturated heterocycles. The lowest BCUT2D eigenvalue weighted by atomic mass is 9.96. The molecule has 2 N–H and O–H groups in total. The second-order valence-electron chi connectivity index (χ2n) is 5.06. The third-order valence-electron chi connectivity index (χ3n) is 3.65. The molecule has 3 heteroatoms. The first-order valence-corrected chi connectivity index (χ1v) is 7.13. The Labute approximate surface area is 102 Å². The Morgan fingerprint density at radius 3 is 3.06 bits per heavy atom. The van der Waals surface area contributed by atoms with Gasteiger partial charge in [0.05, 0.1) is 0 Å². The van der Waals surface area contributed by atoms with Crippen LogP contribution in [0.2, 0.25) is 0 Å². The summed E-state index contributed by atoms with van der Waals surface area (Å²) in [5.41, 5.74) is 7.47. The summed E-state index contributed by atoms with van der Waals surface area (Å²) in [7, 11) is 0. The molecule has 2 rings (SSSR count). The molecule has 1 aromatic rings. The average molecular weight is 238 g/mol. The van der Waals surface area contributed by atoms with Crippen molar-refractivity contribution >= 4 is 11.3 Å². The van der Waals surface area contributed by atoms with Crippen LogP contribution in [0.4, 0.5) is 0 Å². The van der Waals surface area contributed by atoms with E-state index in [4.69, 9.17) is 5.73 Å². The van der Waals surface area contributed by atoms with Crippen molar-refractivity contribution in [2.75, 3.05) is 6.54 Å². The van der Waals surface area contributed by atoms with E-state index in [-0.39, 0.29) is 0 Å². The Bertz CT molecular complexity index is 310. The minimum absolute atomic E-state index is 0.416. The van der Waals surface area contributed by atoms with E-state index in [1.807, 2.05) is 0 Å². The van der Waals surface area contributed by atoms with Crippen molar-refractivity contribution in [2.45, 2.75) is 51.2 Å². The van der Waals surface area contributed by atoms with E-state index in [0.717, 1.165) is 19.4 Å². The maximum Gasteiger partial charge on any atom is 0.0110 e. The van der Waals surface area contributed by atoms with Crippen LogP contribution in [0, 0.1) is 0 Å². The topological polar surface area (TPSA) is 29.3 Å². The highest BCUT2D eigenvalue weighted by molar-refractivity contribution is 7.07. The molecule has 0 aliphatic carbocycles. The van der Waals surface area contributed by atoms with Crippen LogP contribution < -0.4 is 5.73 Å². The standard InChI is InChI=1S/C13H22N2S/c1-10(7-12-4-6-16-9-12)15-5-3-13(14)8-11(15)2/h4,6,9-11,13H,3,5,7-8,14H2,1-2H3. The van der Waals surface area contributed by atoms with Crippen molar-refractivity contribution < 1.29 is 0 Å². The van der Waals surface area contributed by atoms with Gasteiger partial charge in [0.25, 0.3) is 0 Å². The molecule has 16 heavy (non-hydrogen) atoms. The Kier molecular flexibility index (Phi) is 4.00. The van der Waals surface area contributed by atoms with Crippen molar-refractivity contribution in [1.82, 2.24) is 4.90 Å². The van der Waals surface area contributed by atoms with Gasteiger partial charge in [-0.2, -0.15) is 11.3 Å². The lowest BCUT2D eigenvalue weighted by Crippen LogP contribution is -2.49. The van der Waals surface area contributed by atoms with E-state index in [0.29, 0.717) is 18.1 Å². The quantitative estimate of drug-likeness (QED) is 0.876. The smallest absolute Gasteiger partial charge is 0.0110 e. The molecule has 0 bridgehead atoms. The highest BCUT2D eigenvalue weighted by atomic mass is 32.1. The van der Waals surface area contributed by atoms with Crippen LogP contribution in [-0.4, -0.2) is 29.6 Å². The van der Waals surface area contributed by atoms with E-state index in [1.165, 1.54) is 12.0 Å². The van der Waals surface area contributed by atoms with Crippen molar-refractivity contribution in [3.05, 3.63) is 22.4 Å². The van der Waals surface area contributed by atoms with Gasteiger partial charge in [0, 0.05) is 24.7 Å². The second-order valence-corrected chi connectivity index (χ2v) is 5.84. The predicted octanol–water partition coefficient (Wildman–Crippen LogP) is 2.49. The largest absolute Gasteiger partial charge is 0.328 e. The van der Waals surface area contributed by atoms with Crippen molar-refractivity contribution in [3.63, 3.8) is 0 Å². The van der Waals surface area contributed by atoms with E-state index >= 15 is 0 Å². The van der Waals surface area contributed by atoms with Crippen LogP contribution in [0.1, 0.15) is 32.3 Å². The van der Waals surface area contributed by atoms with Gasteiger partial charge in [0.2, 0.25) is 0 Å².